The number of phosphoric acid groups is 1. The molecule has 2 aliphatic heterocycles. The van der Waals surface area contributed by atoms with E-state index in [4.69, 9.17) is 47.2 Å². The van der Waals surface area contributed by atoms with E-state index >= 15 is 0 Å². The first-order valence-electron chi connectivity index (χ1n) is 10.6. The summed E-state index contributed by atoms with van der Waals surface area (Å²) < 4.78 is 36.9. The Labute approximate surface area is 209 Å². The van der Waals surface area contributed by atoms with Gasteiger partial charge in [0.15, 0.2) is 17.7 Å². The van der Waals surface area contributed by atoms with Crippen molar-refractivity contribution in [1.82, 2.24) is 19.5 Å². The van der Waals surface area contributed by atoms with Gasteiger partial charge in [-0.15, -0.1) is 0 Å². The number of aromatic nitrogens is 4. The molecule has 15 heteroatoms. The van der Waals surface area contributed by atoms with Crippen molar-refractivity contribution >= 4 is 48.0 Å². The summed E-state index contributed by atoms with van der Waals surface area (Å²) in [5, 5.41) is 22.5. The van der Waals surface area contributed by atoms with Gasteiger partial charge in [-0.05, 0) is 24.6 Å². The highest BCUT2D eigenvalue weighted by Crippen LogP contribution is 2.57. The number of imidazole rings is 1. The van der Waals surface area contributed by atoms with Crippen LogP contribution in [0.4, 0.5) is 5.82 Å². The first-order chi connectivity index (χ1) is 16.6. The fourth-order valence-electron chi connectivity index (χ4n) is 4.10. The Bertz CT molecular complexity index is 1310. The maximum atomic E-state index is 13.1. The van der Waals surface area contributed by atoms with Crippen molar-refractivity contribution in [2.75, 3.05) is 18.9 Å². The van der Waals surface area contributed by atoms with Crippen LogP contribution in [-0.4, -0.2) is 60.8 Å². The Kier molecular flexibility index (Phi) is 6.54. The number of ether oxygens (including phenoxy) is 1. The van der Waals surface area contributed by atoms with E-state index in [9.17, 15) is 14.8 Å². The molecule has 2 aliphatic rings. The lowest BCUT2D eigenvalue weighted by molar-refractivity contribution is -0.0953. The van der Waals surface area contributed by atoms with Crippen molar-refractivity contribution in [2.45, 2.75) is 43.5 Å². The van der Waals surface area contributed by atoms with Crippen molar-refractivity contribution in [3.63, 3.8) is 0 Å². The van der Waals surface area contributed by atoms with Crippen molar-refractivity contribution < 1.29 is 33.1 Å². The number of hydrogen-bond donors (Lipinski definition) is 3. The molecule has 0 aliphatic carbocycles. The molecule has 188 valence electrons. The molecule has 0 radical (unpaired) electrons. The number of rotatable bonds is 5. The summed E-state index contributed by atoms with van der Waals surface area (Å²) in [5.74, 6) is 0.160. The first kappa shape index (κ1) is 24.8. The Balaban J connectivity index is 1.30. The first-order valence-corrected chi connectivity index (χ1v) is 12.8. The number of fused-ring (bicyclic) bond motifs is 1. The molecule has 0 amide bonds. The lowest BCUT2D eigenvalue weighted by Crippen LogP contribution is -2.44. The molecule has 35 heavy (non-hydrogen) atoms. The number of nitrogen functional groups attached to an aromatic ring is 1. The lowest BCUT2D eigenvalue weighted by Gasteiger charge is -2.30. The zero-order valence-corrected chi connectivity index (χ0v) is 20.7. The SMILES string of the molecule is C[C@@]1(O)[C@H](O)[C@@H](COP2(=O)OCC[C@@H](c3ccc(Cl)c(Cl)c3)O2)O[C@H]1n1cnc2c(N)ncnc21. The normalized spacial score (nSPS) is 33.4. The van der Waals surface area contributed by atoms with Gasteiger partial charge in [0, 0.05) is 6.42 Å². The summed E-state index contributed by atoms with van der Waals surface area (Å²) in [6.07, 6.45) is -1.13. The number of phosphoric ester groups is 1. The van der Waals surface area contributed by atoms with Crippen molar-refractivity contribution in [1.29, 1.82) is 0 Å². The number of hydrogen-bond acceptors (Lipinski definition) is 11. The molecule has 5 rings (SSSR count). The van der Waals surface area contributed by atoms with Crippen molar-refractivity contribution in [3.8, 4) is 0 Å². The molecule has 4 heterocycles. The van der Waals surface area contributed by atoms with E-state index in [1.807, 2.05) is 0 Å². The Morgan fingerprint density at radius 3 is 2.89 bits per heavy atom. The van der Waals surface area contributed by atoms with Crippen LogP contribution in [0, 0.1) is 0 Å². The molecule has 0 saturated carbocycles. The number of benzene rings is 1. The van der Waals surface area contributed by atoms with Gasteiger partial charge in [-0.25, -0.2) is 19.5 Å². The second-order valence-electron chi connectivity index (χ2n) is 8.41. The maximum Gasteiger partial charge on any atom is 0.475 e. The molecular formula is C20H22Cl2N5O7P. The minimum Gasteiger partial charge on any atom is -0.387 e. The average Bonchev–Trinajstić information content (AvgIpc) is 3.34. The molecule has 3 aromatic rings. The number of aliphatic hydroxyl groups excluding tert-OH is 1. The maximum absolute atomic E-state index is 13.1. The lowest BCUT2D eigenvalue weighted by atomic mass is 9.96. The van der Waals surface area contributed by atoms with Gasteiger partial charge in [0.05, 0.1) is 35.7 Å². The van der Waals surface area contributed by atoms with Crippen LogP contribution in [0.15, 0.2) is 30.9 Å². The summed E-state index contributed by atoms with van der Waals surface area (Å²) in [6, 6.07) is 4.96. The van der Waals surface area contributed by atoms with E-state index in [0.717, 1.165) is 0 Å². The zero-order valence-electron chi connectivity index (χ0n) is 18.3. The molecule has 2 aromatic heterocycles. The van der Waals surface area contributed by atoms with Gasteiger partial charge in [0.25, 0.3) is 0 Å². The van der Waals surface area contributed by atoms with Crippen LogP contribution in [0.2, 0.25) is 10.0 Å². The third kappa shape index (κ3) is 4.55. The largest absolute Gasteiger partial charge is 0.475 e. The van der Waals surface area contributed by atoms with Gasteiger partial charge in [-0.3, -0.25) is 18.1 Å². The van der Waals surface area contributed by atoms with Crippen LogP contribution in [-0.2, 0) is 22.9 Å². The molecule has 6 atom stereocenters. The van der Waals surface area contributed by atoms with Crippen LogP contribution < -0.4 is 5.73 Å². The molecule has 2 fully saturated rings. The highest BCUT2D eigenvalue weighted by Gasteiger charge is 2.54. The minimum atomic E-state index is -4.01. The van der Waals surface area contributed by atoms with E-state index in [0.29, 0.717) is 33.2 Å². The van der Waals surface area contributed by atoms with Crippen LogP contribution in [0.1, 0.15) is 31.2 Å². The van der Waals surface area contributed by atoms with Crippen LogP contribution in [0.3, 0.4) is 0 Å². The highest BCUT2D eigenvalue weighted by atomic mass is 35.5. The molecule has 0 bridgehead atoms. The van der Waals surface area contributed by atoms with Gasteiger partial charge in [-0.2, -0.15) is 0 Å². The zero-order chi connectivity index (χ0) is 25.0. The Hall–Kier alpha value is -1.86. The molecule has 4 N–H and O–H groups in total. The fourth-order valence-corrected chi connectivity index (χ4v) is 5.80. The highest BCUT2D eigenvalue weighted by molar-refractivity contribution is 7.48. The third-order valence-corrected chi connectivity index (χ3v) is 8.21. The minimum absolute atomic E-state index is 0.110. The summed E-state index contributed by atoms with van der Waals surface area (Å²) in [5.41, 5.74) is 5.36. The second-order valence-corrected chi connectivity index (χ2v) is 10.8. The molecule has 1 unspecified atom stereocenters. The number of anilines is 1. The topological polar surface area (TPSA) is 164 Å². The van der Waals surface area contributed by atoms with E-state index in [2.05, 4.69) is 15.0 Å². The molecule has 12 nitrogen and oxygen atoms in total. The van der Waals surface area contributed by atoms with E-state index in [-0.39, 0.29) is 19.0 Å². The van der Waals surface area contributed by atoms with E-state index < -0.39 is 38.0 Å². The second kappa shape index (κ2) is 9.22. The number of nitrogens with zero attached hydrogens (tertiary/aromatic N) is 4. The summed E-state index contributed by atoms with van der Waals surface area (Å²) in [4.78, 5) is 12.2. The van der Waals surface area contributed by atoms with Crippen LogP contribution in [0.5, 0.6) is 0 Å². The van der Waals surface area contributed by atoms with Gasteiger partial charge >= 0.3 is 7.82 Å². The van der Waals surface area contributed by atoms with Crippen LogP contribution in [0.25, 0.3) is 11.2 Å². The van der Waals surface area contributed by atoms with E-state index in [1.165, 1.54) is 24.1 Å². The smallest absolute Gasteiger partial charge is 0.387 e. The predicted molar refractivity (Wildman–Crippen MR) is 125 cm³/mol. The number of nitrogens with two attached hydrogens (primary N) is 1. The summed E-state index contributed by atoms with van der Waals surface area (Å²) >= 11 is 12.1. The van der Waals surface area contributed by atoms with Gasteiger partial charge in [0.2, 0.25) is 0 Å². The molecule has 2 saturated heterocycles. The van der Waals surface area contributed by atoms with Gasteiger partial charge in [0.1, 0.15) is 29.7 Å². The fraction of sp³-hybridized carbons (Fsp3) is 0.450. The molecule has 1 aromatic carbocycles. The van der Waals surface area contributed by atoms with Crippen molar-refractivity contribution in [3.05, 3.63) is 46.5 Å². The Morgan fingerprint density at radius 1 is 1.31 bits per heavy atom. The monoisotopic (exact) mass is 545 g/mol. The predicted octanol–water partition coefficient (Wildman–Crippen LogP) is 3.03. The van der Waals surface area contributed by atoms with Crippen molar-refractivity contribution in [2.24, 2.45) is 0 Å². The molecular weight excluding hydrogens is 524 g/mol. The number of aliphatic hydroxyl groups is 2. The molecule has 0 spiro atoms. The standard InChI is InChI=1S/C20H22Cl2N5O7P/c1-20(29)16(28)14(33-19(20)27-9-26-15-17(23)24-8-25-18(15)27)7-32-35(30)31-5-4-13(34-35)10-2-3-11(21)12(22)6-10/h2-3,6,8-9,13-14,16,19,28-29H,4-5,7H2,1H3,(H2,23,24,25)/t13-,14+,16+,19+,20+,35?/m0/s1. The third-order valence-electron chi connectivity index (χ3n) is 5.99. The number of halogens is 2. The quantitative estimate of drug-likeness (QED) is 0.403. The summed E-state index contributed by atoms with van der Waals surface area (Å²) in [7, 11) is -4.01. The Morgan fingerprint density at radius 2 is 2.11 bits per heavy atom. The van der Waals surface area contributed by atoms with E-state index in [1.54, 1.807) is 18.2 Å². The average molecular weight is 546 g/mol. The van der Waals surface area contributed by atoms with Gasteiger partial charge in [-0.1, -0.05) is 29.3 Å². The van der Waals surface area contributed by atoms with Crippen LogP contribution >= 0.6 is 31.0 Å². The van der Waals surface area contributed by atoms with Gasteiger partial charge < -0.3 is 20.7 Å². The summed E-state index contributed by atoms with van der Waals surface area (Å²) in [6.45, 7) is 1.12.